The van der Waals surface area contributed by atoms with Crippen molar-refractivity contribution in [2.75, 3.05) is 18.5 Å². The summed E-state index contributed by atoms with van der Waals surface area (Å²) in [5.74, 6) is -2.15. The van der Waals surface area contributed by atoms with E-state index < -0.39 is 27.7 Å². The summed E-state index contributed by atoms with van der Waals surface area (Å²) in [6.07, 6.45) is 3.16. The fraction of sp³-hybridized carbons (Fsp3) is 0.111. The maximum atomic E-state index is 12.4. The molecule has 0 unspecified atom stereocenters. The lowest BCUT2D eigenvalue weighted by Crippen LogP contribution is -2.34. The van der Waals surface area contributed by atoms with Crippen molar-refractivity contribution in [1.29, 1.82) is 0 Å². The molecule has 0 saturated carbocycles. The van der Waals surface area contributed by atoms with E-state index in [0.29, 0.717) is 10.4 Å². The Morgan fingerprint density at radius 3 is 2.50 bits per heavy atom. The molecule has 1 aliphatic rings. The number of pyridine rings is 1. The monoisotopic (exact) mass is 432 g/mol. The molecule has 2 heterocycles. The number of imide groups is 1. The summed E-state index contributed by atoms with van der Waals surface area (Å²) in [4.78, 5) is 36.6. The highest BCUT2D eigenvalue weighted by atomic mass is 32.2. The van der Waals surface area contributed by atoms with Crippen LogP contribution in [0.2, 0.25) is 0 Å². The van der Waals surface area contributed by atoms with Gasteiger partial charge < -0.3 is 15.6 Å². The molecule has 156 valence electrons. The Balaban J connectivity index is 1.70. The van der Waals surface area contributed by atoms with E-state index in [1.165, 1.54) is 36.4 Å². The van der Waals surface area contributed by atoms with Gasteiger partial charge in [-0.25, -0.2) is 13.1 Å². The molecule has 0 saturated heterocycles. The van der Waals surface area contributed by atoms with Gasteiger partial charge >= 0.3 is 0 Å². The second-order valence-electron chi connectivity index (χ2n) is 6.11. The van der Waals surface area contributed by atoms with Gasteiger partial charge in [0.1, 0.15) is 11.3 Å². The molecule has 0 bridgehead atoms. The molecule has 11 nitrogen and oxygen atoms in total. The van der Waals surface area contributed by atoms with Crippen molar-refractivity contribution in [2.24, 2.45) is 0 Å². The Labute approximate surface area is 170 Å². The van der Waals surface area contributed by atoms with E-state index in [2.05, 4.69) is 5.32 Å². The number of β-amino-alcohol motifs (C(OH)–C–C–N with tert-alkyl or cyclic N) is 1. The van der Waals surface area contributed by atoms with Crippen LogP contribution in [0.1, 0.15) is 10.4 Å². The summed E-state index contributed by atoms with van der Waals surface area (Å²) in [5, 5.41) is 22.8. The maximum absolute atomic E-state index is 12.4. The molecule has 3 rings (SSSR count). The number of nitrogens with one attached hydrogen (secondary N) is 2. The fourth-order valence-corrected chi connectivity index (χ4v) is 3.59. The topological polar surface area (TPSA) is 160 Å². The summed E-state index contributed by atoms with van der Waals surface area (Å²) < 4.78 is 27.0. The van der Waals surface area contributed by atoms with Crippen LogP contribution in [0.5, 0.6) is 0 Å². The zero-order chi connectivity index (χ0) is 21.9. The predicted octanol–water partition coefficient (Wildman–Crippen LogP) is -0.904. The maximum Gasteiger partial charge on any atom is 0.277 e. The number of nitrogens with zero attached hydrogens (tertiary/aromatic N) is 2. The van der Waals surface area contributed by atoms with Crippen molar-refractivity contribution >= 4 is 33.4 Å². The number of hydrogen-bond donors (Lipinski definition) is 3. The van der Waals surface area contributed by atoms with E-state index in [4.69, 9.17) is 5.11 Å². The minimum atomic E-state index is -4.21. The van der Waals surface area contributed by atoms with E-state index in [1.807, 2.05) is 4.72 Å². The molecule has 12 heteroatoms. The smallest absolute Gasteiger partial charge is 0.277 e. The van der Waals surface area contributed by atoms with Crippen LogP contribution in [0, 0.1) is 5.21 Å². The third kappa shape index (κ3) is 4.45. The normalized spacial score (nSPS) is 13.9. The molecule has 1 aromatic heterocycles. The number of amides is 3. The molecule has 3 N–H and O–H groups in total. The molecular weight excluding hydrogens is 416 g/mol. The highest BCUT2D eigenvalue weighted by Crippen LogP contribution is 2.19. The number of aromatic nitrogens is 1. The van der Waals surface area contributed by atoms with Crippen LogP contribution >= 0.6 is 0 Å². The predicted molar refractivity (Wildman–Crippen MR) is 102 cm³/mol. The number of carbonyl (C=O) groups is 3. The first-order valence-corrected chi connectivity index (χ1v) is 10.0. The van der Waals surface area contributed by atoms with Crippen LogP contribution in [0.25, 0.3) is 0 Å². The highest BCUT2D eigenvalue weighted by Gasteiger charge is 2.30. The van der Waals surface area contributed by atoms with Gasteiger partial charge in [0.2, 0.25) is 0 Å². The highest BCUT2D eigenvalue weighted by molar-refractivity contribution is 7.90. The van der Waals surface area contributed by atoms with Crippen molar-refractivity contribution < 1.29 is 32.6 Å². The summed E-state index contributed by atoms with van der Waals surface area (Å²) in [6, 6.07) is 7.69. The SMILES string of the molecule is O=C(NS(=O)(=O)c1ccc(NC2=CC(=O)N(CCO)C2=O)cc1)c1ccc[n+]([O-])c1. The Morgan fingerprint density at radius 2 is 1.87 bits per heavy atom. The van der Waals surface area contributed by atoms with Gasteiger partial charge in [-0.3, -0.25) is 19.3 Å². The zero-order valence-corrected chi connectivity index (χ0v) is 16.1. The molecule has 2 aromatic rings. The third-order valence-corrected chi connectivity index (χ3v) is 5.39. The minimum Gasteiger partial charge on any atom is -0.619 e. The number of rotatable bonds is 7. The van der Waals surface area contributed by atoms with Crippen LogP contribution in [-0.2, 0) is 19.6 Å². The number of benzene rings is 1. The Hall–Kier alpha value is -3.77. The van der Waals surface area contributed by atoms with Gasteiger partial charge in [0, 0.05) is 17.8 Å². The second-order valence-corrected chi connectivity index (χ2v) is 7.80. The summed E-state index contributed by atoms with van der Waals surface area (Å²) in [5.41, 5.74) is 0.180. The summed E-state index contributed by atoms with van der Waals surface area (Å²) in [7, 11) is -4.21. The zero-order valence-electron chi connectivity index (χ0n) is 15.3. The van der Waals surface area contributed by atoms with Crippen molar-refractivity contribution in [3.05, 3.63) is 71.3 Å². The average molecular weight is 432 g/mol. The van der Waals surface area contributed by atoms with Crippen LogP contribution in [0.3, 0.4) is 0 Å². The largest absolute Gasteiger partial charge is 0.619 e. The van der Waals surface area contributed by atoms with E-state index in [-0.39, 0.29) is 29.3 Å². The second kappa shape index (κ2) is 8.31. The van der Waals surface area contributed by atoms with Crippen molar-refractivity contribution in [2.45, 2.75) is 4.90 Å². The standard InChI is InChI=1S/C18H16N4O7S/c23-9-8-22-16(24)10-15(18(22)26)19-13-3-5-14(6-4-13)30(28,29)20-17(25)12-2-1-7-21(27)11-12/h1-7,10-11,19,23H,8-9H2,(H,20,25). The quantitative estimate of drug-likeness (QED) is 0.288. The average Bonchev–Trinajstić information content (AvgIpc) is 2.96. The van der Waals surface area contributed by atoms with Gasteiger partial charge in [-0.1, -0.05) is 0 Å². The minimum absolute atomic E-state index is 0.0210. The van der Waals surface area contributed by atoms with Crippen LogP contribution in [-0.4, -0.2) is 49.3 Å². The van der Waals surface area contributed by atoms with Gasteiger partial charge in [-0.15, -0.1) is 0 Å². The van der Waals surface area contributed by atoms with Crippen molar-refractivity contribution in [1.82, 2.24) is 9.62 Å². The van der Waals surface area contributed by atoms with Crippen LogP contribution in [0.4, 0.5) is 5.69 Å². The molecule has 0 spiro atoms. The molecule has 0 radical (unpaired) electrons. The Morgan fingerprint density at radius 1 is 1.17 bits per heavy atom. The van der Waals surface area contributed by atoms with Gasteiger partial charge in [0.05, 0.1) is 18.0 Å². The molecule has 3 amide bonds. The number of aliphatic hydroxyl groups is 1. The molecule has 30 heavy (non-hydrogen) atoms. The number of aliphatic hydroxyl groups excluding tert-OH is 1. The van der Waals surface area contributed by atoms with Crippen molar-refractivity contribution in [3.8, 4) is 0 Å². The first kappa shape index (κ1) is 21.0. The van der Waals surface area contributed by atoms with Gasteiger partial charge in [-0.2, -0.15) is 4.73 Å². The molecule has 1 aromatic carbocycles. The first-order chi connectivity index (χ1) is 14.2. The van der Waals surface area contributed by atoms with E-state index in [1.54, 1.807) is 0 Å². The summed E-state index contributed by atoms with van der Waals surface area (Å²) in [6.45, 7) is -0.501. The summed E-state index contributed by atoms with van der Waals surface area (Å²) >= 11 is 0. The molecule has 1 aliphatic heterocycles. The molecule has 0 fully saturated rings. The number of anilines is 1. The van der Waals surface area contributed by atoms with E-state index >= 15 is 0 Å². The molecule has 0 aliphatic carbocycles. The number of sulfonamides is 1. The lowest BCUT2D eigenvalue weighted by molar-refractivity contribution is -0.605. The Bertz CT molecular complexity index is 1140. The fourth-order valence-electron chi connectivity index (χ4n) is 2.61. The van der Waals surface area contributed by atoms with Gasteiger partial charge in [-0.05, 0) is 30.3 Å². The lowest BCUT2D eigenvalue weighted by atomic mass is 10.3. The van der Waals surface area contributed by atoms with Gasteiger partial charge in [0.25, 0.3) is 27.7 Å². The first-order valence-electron chi connectivity index (χ1n) is 8.53. The number of carbonyl (C=O) groups excluding carboxylic acids is 3. The van der Waals surface area contributed by atoms with Gasteiger partial charge in [0.15, 0.2) is 12.4 Å². The van der Waals surface area contributed by atoms with E-state index in [9.17, 15) is 28.0 Å². The lowest BCUT2D eigenvalue weighted by Gasteiger charge is -2.13. The van der Waals surface area contributed by atoms with E-state index in [0.717, 1.165) is 23.4 Å². The molecular formula is C18H16N4O7S. The van der Waals surface area contributed by atoms with Crippen LogP contribution < -0.4 is 14.8 Å². The van der Waals surface area contributed by atoms with Crippen molar-refractivity contribution in [3.63, 3.8) is 0 Å². The Kier molecular flexibility index (Phi) is 5.80. The number of hydrogen-bond acceptors (Lipinski definition) is 8. The molecule has 0 atom stereocenters. The third-order valence-electron chi connectivity index (χ3n) is 4.04. The van der Waals surface area contributed by atoms with Crippen LogP contribution in [0.15, 0.2) is 65.5 Å².